The predicted molar refractivity (Wildman–Crippen MR) is 78.4 cm³/mol. The molecule has 0 aliphatic heterocycles. The molecule has 1 unspecified atom stereocenters. The number of halogens is 1. The number of benzene rings is 1. The summed E-state index contributed by atoms with van der Waals surface area (Å²) in [4.78, 5) is 0. The van der Waals surface area contributed by atoms with Crippen LogP contribution in [0.1, 0.15) is 13.8 Å². The van der Waals surface area contributed by atoms with Crippen molar-refractivity contribution < 1.29 is 9.47 Å². The average Bonchev–Trinajstić information content (AvgIpc) is 2.31. The maximum atomic E-state index is 5.85. The second-order valence-electron chi connectivity index (χ2n) is 4.27. The van der Waals surface area contributed by atoms with E-state index in [0.29, 0.717) is 18.4 Å². The Bertz CT molecular complexity index is 355. The minimum absolute atomic E-state index is 0.440. The van der Waals surface area contributed by atoms with E-state index in [1.54, 1.807) is 7.11 Å². The molecule has 0 amide bonds. The summed E-state index contributed by atoms with van der Waals surface area (Å²) >= 11 is 7.83. The van der Waals surface area contributed by atoms with Crippen molar-refractivity contribution in [2.45, 2.75) is 13.8 Å². The molecule has 0 aliphatic rings. The summed E-state index contributed by atoms with van der Waals surface area (Å²) in [5, 5.41) is 0. The van der Waals surface area contributed by atoms with Crippen LogP contribution in [0.2, 0.25) is 0 Å². The fraction of sp³-hybridized carbons (Fsp3) is 0.538. The third-order valence-corrected chi connectivity index (χ3v) is 3.86. The molecule has 1 aromatic rings. The van der Waals surface area contributed by atoms with Gasteiger partial charge < -0.3 is 9.47 Å². The van der Waals surface area contributed by atoms with E-state index in [-0.39, 0.29) is 0 Å². The first-order valence-electron chi connectivity index (χ1n) is 5.66. The van der Waals surface area contributed by atoms with E-state index in [1.807, 2.05) is 18.2 Å². The van der Waals surface area contributed by atoms with Gasteiger partial charge in [-0.1, -0.05) is 19.9 Å². The molecular formula is C13H19BrO2S. The largest absolute Gasteiger partial charge is 0.493 e. The van der Waals surface area contributed by atoms with Gasteiger partial charge in [-0.2, -0.15) is 12.6 Å². The number of rotatable bonds is 6. The minimum Gasteiger partial charge on any atom is -0.493 e. The molecule has 0 N–H and O–H groups in total. The fourth-order valence-electron chi connectivity index (χ4n) is 1.44. The zero-order valence-corrected chi connectivity index (χ0v) is 12.9. The van der Waals surface area contributed by atoms with Crippen LogP contribution in [0.5, 0.6) is 11.5 Å². The molecule has 0 spiro atoms. The van der Waals surface area contributed by atoms with Crippen molar-refractivity contribution in [2.24, 2.45) is 11.8 Å². The number of methoxy groups -OCH3 is 1. The van der Waals surface area contributed by atoms with E-state index in [2.05, 4.69) is 42.4 Å². The molecule has 1 atom stereocenters. The van der Waals surface area contributed by atoms with Crippen molar-refractivity contribution in [2.75, 3.05) is 19.5 Å². The Morgan fingerprint density at radius 2 is 2.06 bits per heavy atom. The van der Waals surface area contributed by atoms with Gasteiger partial charge in [-0.25, -0.2) is 0 Å². The molecule has 4 heteroatoms. The lowest BCUT2D eigenvalue weighted by atomic mass is 9.99. The Kier molecular flexibility index (Phi) is 6.20. The lowest BCUT2D eigenvalue weighted by Crippen LogP contribution is -2.19. The molecule has 0 fully saturated rings. The Labute approximate surface area is 117 Å². The third kappa shape index (κ3) is 4.11. The van der Waals surface area contributed by atoms with Crippen LogP contribution >= 0.6 is 28.6 Å². The van der Waals surface area contributed by atoms with Gasteiger partial charge in [-0.05, 0) is 39.7 Å². The summed E-state index contributed by atoms with van der Waals surface area (Å²) in [6.07, 6.45) is 0. The normalized spacial score (nSPS) is 12.6. The molecule has 96 valence electrons. The molecule has 1 aromatic carbocycles. The van der Waals surface area contributed by atoms with Gasteiger partial charge >= 0.3 is 0 Å². The maximum Gasteiger partial charge on any atom is 0.175 e. The monoisotopic (exact) mass is 318 g/mol. The topological polar surface area (TPSA) is 18.5 Å². The van der Waals surface area contributed by atoms with Crippen LogP contribution < -0.4 is 9.47 Å². The van der Waals surface area contributed by atoms with Gasteiger partial charge in [0.1, 0.15) is 0 Å². The summed E-state index contributed by atoms with van der Waals surface area (Å²) in [5.74, 6) is 3.34. The van der Waals surface area contributed by atoms with E-state index in [9.17, 15) is 0 Å². The fourth-order valence-corrected chi connectivity index (χ4v) is 2.43. The van der Waals surface area contributed by atoms with Crippen molar-refractivity contribution in [1.82, 2.24) is 0 Å². The van der Waals surface area contributed by atoms with Gasteiger partial charge in [0, 0.05) is 5.92 Å². The van der Waals surface area contributed by atoms with E-state index >= 15 is 0 Å². The Morgan fingerprint density at radius 3 is 2.59 bits per heavy atom. The van der Waals surface area contributed by atoms with Crippen molar-refractivity contribution in [3.05, 3.63) is 22.7 Å². The first-order valence-corrected chi connectivity index (χ1v) is 7.08. The van der Waals surface area contributed by atoms with Crippen LogP contribution in [-0.2, 0) is 0 Å². The molecule has 0 aliphatic carbocycles. The minimum atomic E-state index is 0.440. The van der Waals surface area contributed by atoms with Crippen molar-refractivity contribution in [1.29, 1.82) is 0 Å². The lowest BCUT2D eigenvalue weighted by Gasteiger charge is -2.20. The Balaban J connectivity index is 2.74. The van der Waals surface area contributed by atoms with Crippen LogP contribution in [0.15, 0.2) is 22.7 Å². The molecule has 17 heavy (non-hydrogen) atoms. The molecule has 1 rings (SSSR count). The molecule has 0 radical (unpaired) electrons. The first-order chi connectivity index (χ1) is 8.10. The number of ether oxygens (including phenoxy) is 2. The third-order valence-electron chi connectivity index (χ3n) is 2.77. The molecule has 0 saturated carbocycles. The molecular weight excluding hydrogens is 300 g/mol. The first kappa shape index (κ1) is 14.7. The van der Waals surface area contributed by atoms with Gasteiger partial charge in [0.25, 0.3) is 0 Å². The summed E-state index contributed by atoms with van der Waals surface area (Å²) in [6, 6.07) is 5.77. The summed E-state index contributed by atoms with van der Waals surface area (Å²) in [6.45, 7) is 5.02. The second kappa shape index (κ2) is 7.17. The van der Waals surface area contributed by atoms with Crippen molar-refractivity contribution in [3.63, 3.8) is 0 Å². The van der Waals surface area contributed by atoms with Gasteiger partial charge in [-0.3, -0.25) is 0 Å². The number of thiol groups is 1. The lowest BCUT2D eigenvalue weighted by molar-refractivity contribution is 0.217. The van der Waals surface area contributed by atoms with Gasteiger partial charge in [0.2, 0.25) is 0 Å². The quantitative estimate of drug-likeness (QED) is 0.798. The smallest absolute Gasteiger partial charge is 0.175 e. The van der Waals surface area contributed by atoms with Crippen LogP contribution in [0.25, 0.3) is 0 Å². The zero-order chi connectivity index (χ0) is 12.8. The Morgan fingerprint density at radius 1 is 1.35 bits per heavy atom. The maximum absolute atomic E-state index is 5.85. The van der Waals surface area contributed by atoms with Crippen LogP contribution in [0, 0.1) is 11.8 Å². The molecule has 0 heterocycles. The predicted octanol–water partition coefficient (Wildman–Crippen LogP) is 4.04. The van der Waals surface area contributed by atoms with Gasteiger partial charge in [0.15, 0.2) is 11.5 Å². The molecule has 0 aromatic heterocycles. The second-order valence-corrected chi connectivity index (χ2v) is 5.49. The van der Waals surface area contributed by atoms with Gasteiger partial charge in [0.05, 0.1) is 18.2 Å². The molecule has 0 bridgehead atoms. The van der Waals surface area contributed by atoms with Crippen LogP contribution in [-0.4, -0.2) is 19.5 Å². The Hall–Kier alpha value is -0.350. The highest BCUT2D eigenvalue weighted by molar-refractivity contribution is 9.10. The van der Waals surface area contributed by atoms with E-state index in [0.717, 1.165) is 21.7 Å². The van der Waals surface area contributed by atoms with E-state index < -0.39 is 0 Å². The molecule has 0 saturated heterocycles. The highest BCUT2D eigenvalue weighted by atomic mass is 79.9. The highest BCUT2D eigenvalue weighted by Gasteiger charge is 2.15. The summed E-state index contributed by atoms with van der Waals surface area (Å²) in [5.41, 5.74) is 0. The van der Waals surface area contributed by atoms with Gasteiger partial charge in [-0.15, -0.1) is 0 Å². The number of para-hydroxylation sites is 1. The highest BCUT2D eigenvalue weighted by Crippen LogP contribution is 2.35. The summed E-state index contributed by atoms with van der Waals surface area (Å²) < 4.78 is 12.0. The number of hydrogen-bond acceptors (Lipinski definition) is 3. The molecule has 2 nitrogen and oxygen atoms in total. The zero-order valence-electron chi connectivity index (χ0n) is 10.4. The number of hydrogen-bond donors (Lipinski definition) is 1. The SMILES string of the molecule is COc1cccc(Br)c1OCC(CS)C(C)C. The standard InChI is InChI=1S/C13H19BrO2S/c1-9(2)10(8-17)7-16-13-11(14)5-4-6-12(13)15-3/h4-6,9-10,17H,7-8H2,1-3H3. The summed E-state index contributed by atoms with van der Waals surface area (Å²) in [7, 11) is 1.65. The van der Waals surface area contributed by atoms with Crippen molar-refractivity contribution in [3.8, 4) is 11.5 Å². The van der Waals surface area contributed by atoms with Crippen molar-refractivity contribution >= 4 is 28.6 Å². The average molecular weight is 319 g/mol. The van der Waals surface area contributed by atoms with E-state index in [1.165, 1.54) is 0 Å². The van der Waals surface area contributed by atoms with Crippen LogP contribution in [0.3, 0.4) is 0 Å². The van der Waals surface area contributed by atoms with E-state index in [4.69, 9.17) is 9.47 Å². The van der Waals surface area contributed by atoms with Crippen LogP contribution in [0.4, 0.5) is 0 Å².